The highest BCUT2D eigenvalue weighted by atomic mass is 16.3. The summed E-state index contributed by atoms with van der Waals surface area (Å²) in [6, 6.07) is 7.94. The number of aliphatic hydroxyl groups excluding tert-OH is 2. The fraction of sp³-hybridized carbons (Fsp3) is 0.526. The van der Waals surface area contributed by atoms with E-state index in [1.165, 1.54) is 11.1 Å². The van der Waals surface area contributed by atoms with Crippen molar-refractivity contribution in [1.82, 2.24) is 14.5 Å². The molecular weight excluding hydrogens is 302 g/mol. The van der Waals surface area contributed by atoms with Crippen LogP contribution in [-0.2, 0) is 13.1 Å². The van der Waals surface area contributed by atoms with Gasteiger partial charge in [0.05, 0.1) is 25.3 Å². The molecule has 2 aromatic rings. The van der Waals surface area contributed by atoms with Gasteiger partial charge in [-0.1, -0.05) is 31.2 Å². The minimum Gasteiger partial charge on any atom is -0.395 e. The van der Waals surface area contributed by atoms with E-state index in [1.807, 2.05) is 24.5 Å². The highest BCUT2D eigenvalue weighted by Crippen LogP contribution is 2.34. The monoisotopic (exact) mass is 329 g/mol. The van der Waals surface area contributed by atoms with Gasteiger partial charge in [-0.3, -0.25) is 4.90 Å². The molecule has 1 aliphatic rings. The average Bonchev–Trinajstić information content (AvgIpc) is 3.13. The molecule has 0 amide bonds. The number of aromatic nitrogens is 2. The summed E-state index contributed by atoms with van der Waals surface area (Å²) >= 11 is 0. The van der Waals surface area contributed by atoms with E-state index in [-0.39, 0.29) is 18.6 Å². The average molecular weight is 329 g/mol. The molecule has 3 rings (SSSR count). The van der Waals surface area contributed by atoms with Crippen LogP contribution >= 0.6 is 0 Å². The minimum atomic E-state index is -0.564. The third-order valence-electron chi connectivity index (χ3n) is 5.09. The van der Waals surface area contributed by atoms with Crippen LogP contribution in [0.1, 0.15) is 36.2 Å². The van der Waals surface area contributed by atoms with Crippen molar-refractivity contribution < 1.29 is 10.2 Å². The summed E-state index contributed by atoms with van der Waals surface area (Å²) in [6.07, 6.45) is 4.31. The number of aliphatic hydroxyl groups is 2. The molecule has 0 aliphatic carbocycles. The van der Waals surface area contributed by atoms with Gasteiger partial charge in [0.1, 0.15) is 5.82 Å². The van der Waals surface area contributed by atoms with Gasteiger partial charge in [0.2, 0.25) is 0 Å². The maximum atomic E-state index is 10.8. The molecule has 130 valence electrons. The van der Waals surface area contributed by atoms with Crippen molar-refractivity contribution in [2.45, 2.75) is 51.4 Å². The lowest BCUT2D eigenvalue weighted by Crippen LogP contribution is -2.38. The molecule has 1 fully saturated rings. The van der Waals surface area contributed by atoms with Crippen molar-refractivity contribution in [2.75, 3.05) is 13.2 Å². The van der Waals surface area contributed by atoms with Crippen LogP contribution in [0, 0.1) is 6.92 Å². The van der Waals surface area contributed by atoms with Crippen LogP contribution in [0.3, 0.4) is 0 Å². The van der Waals surface area contributed by atoms with Gasteiger partial charge in [-0.25, -0.2) is 4.98 Å². The van der Waals surface area contributed by atoms with Crippen LogP contribution in [-0.4, -0.2) is 50.0 Å². The van der Waals surface area contributed by atoms with E-state index in [0.717, 1.165) is 25.3 Å². The van der Waals surface area contributed by atoms with Crippen LogP contribution in [0.2, 0.25) is 0 Å². The van der Waals surface area contributed by atoms with E-state index < -0.39 is 6.10 Å². The van der Waals surface area contributed by atoms with Crippen LogP contribution < -0.4 is 0 Å². The third-order valence-corrected chi connectivity index (χ3v) is 5.09. The van der Waals surface area contributed by atoms with Crippen molar-refractivity contribution in [3.63, 3.8) is 0 Å². The number of benzene rings is 1. The second-order valence-corrected chi connectivity index (χ2v) is 6.67. The molecule has 1 aromatic heterocycles. The highest BCUT2D eigenvalue weighted by Gasteiger charge is 2.41. The van der Waals surface area contributed by atoms with Gasteiger partial charge >= 0.3 is 0 Å². The first-order chi connectivity index (χ1) is 11.7. The lowest BCUT2D eigenvalue weighted by atomic mass is 9.90. The van der Waals surface area contributed by atoms with E-state index in [1.54, 1.807) is 0 Å². The summed E-state index contributed by atoms with van der Waals surface area (Å²) in [5.74, 6) is 1.02. The maximum absolute atomic E-state index is 10.8. The molecule has 0 unspecified atom stereocenters. The molecule has 1 saturated heterocycles. The minimum absolute atomic E-state index is 0.0259. The van der Waals surface area contributed by atoms with Crippen molar-refractivity contribution in [2.24, 2.45) is 0 Å². The van der Waals surface area contributed by atoms with Gasteiger partial charge in [0, 0.05) is 31.4 Å². The zero-order chi connectivity index (χ0) is 17.1. The summed E-state index contributed by atoms with van der Waals surface area (Å²) in [5, 5.41) is 20.6. The van der Waals surface area contributed by atoms with E-state index >= 15 is 0 Å². The molecule has 0 radical (unpaired) electrons. The predicted molar refractivity (Wildman–Crippen MR) is 93.7 cm³/mol. The Labute approximate surface area is 143 Å². The largest absolute Gasteiger partial charge is 0.395 e. The van der Waals surface area contributed by atoms with E-state index in [4.69, 9.17) is 0 Å². The number of likely N-dealkylation sites (tertiary alicyclic amines) is 1. The van der Waals surface area contributed by atoms with Gasteiger partial charge in [-0.2, -0.15) is 0 Å². The number of rotatable bonds is 6. The lowest BCUT2D eigenvalue weighted by molar-refractivity contribution is 0.0626. The lowest BCUT2D eigenvalue weighted by Gasteiger charge is -2.24. The highest BCUT2D eigenvalue weighted by molar-refractivity contribution is 5.32. The number of nitrogens with zero attached hydrogens (tertiary/aromatic N) is 3. The van der Waals surface area contributed by atoms with E-state index in [9.17, 15) is 10.2 Å². The van der Waals surface area contributed by atoms with Crippen LogP contribution in [0.4, 0.5) is 0 Å². The Morgan fingerprint density at radius 1 is 1.29 bits per heavy atom. The fourth-order valence-electron chi connectivity index (χ4n) is 3.79. The van der Waals surface area contributed by atoms with Crippen LogP contribution in [0.25, 0.3) is 0 Å². The van der Waals surface area contributed by atoms with Crippen molar-refractivity contribution in [1.29, 1.82) is 0 Å². The van der Waals surface area contributed by atoms with Crippen LogP contribution in [0.5, 0.6) is 0 Å². The second kappa shape index (κ2) is 7.47. The molecule has 1 aromatic carbocycles. The Bertz CT molecular complexity index is 670. The van der Waals surface area contributed by atoms with Gasteiger partial charge in [0.25, 0.3) is 0 Å². The molecule has 1 aliphatic heterocycles. The summed E-state index contributed by atoms with van der Waals surface area (Å²) in [6.45, 7) is 6.50. The van der Waals surface area contributed by atoms with E-state index in [2.05, 4.69) is 40.4 Å². The summed E-state index contributed by atoms with van der Waals surface area (Å²) < 4.78 is 2.15. The Kier molecular flexibility index (Phi) is 5.33. The smallest absolute Gasteiger partial charge is 0.122 e. The summed E-state index contributed by atoms with van der Waals surface area (Å²) in [4.78, 5) is 6.63. The van der Waals surface area contributed by atoms with Gasteiger partial charge in [0.15, 0.2) is 0 Å². The number of hydrogen-bond donors (Lipinski definition) is 2. The SMILES string of the molecule is CCCn1ccnc1CN1C[C@H](c2ccccc2C)[C@@H](O)[C@H]1CO. The molecule has 0 saturated carbocycles. The van der Waals surface area contributed by atoms with Crippen molar-refractivity contribution in [3.05, 3.63) is 53.6 Å². The Balaban J connectivity index is 1.81. The van der Waals surface area contributed by atoms with Gasteiger partial charge in [-0.05, 0) is 24.5 Å². The number of hydrogen-bond acceptors (Lipinski definition) is 4. The standard InChI is InChI=1S/C19H27N3O2/c1-3-9-21-10-8-20-18(21)12-22-11-16(19(24)17(22)13-23)15-7-5-4-6-14(15)2/h4-8,10,16-17,19,23-24H,3,9,11-13H2,1-2H3/t16-,17-,19-/m1/s1. The predicted octanol–water partition coefficient (Wildman–Crippen LogP) is 1.92. The molecule has 2 heterocycles. The third kappa shape index (κ3) is 3.24. The Morgan fingerprint density at radius 3 is 2.79 bits per heavy atom. The zero-order valence-corrected chi connectivity index (χ0v) is 14.5. The van der Waals surface area contributed by atoms with Crippen molar-refractivity contribution >= 4 is 0 Å². The molecule has 0 bridgehead atoms. The first-order valence-corrected chi connectivity index (χ1v) is 8.74. The summed E-state index contributed by atoms with van der Waals surface area (Å²) in [7, 11) is 0. The van der Waals surface area contributed by atoms with Gasteiger partial charge < -0.3 is 14.8 Å². The topological polar surface area (TPSA) is 61.5 Å². The second-order valence-electron chi connectivity index (χ2n) is 6.67. The Morgan fingerprint density at radius 2 is 2.08 bits per heavy atom. The quantitative estimate of drug-likeness (QED) is 0.850. The molecule has 0 spiro atoms. The molecule has 5 nitrogen and oxygen atoms in total. The first-order valence-electron chi connectivity index (χ1n) is 8.74. The first kappa shape index (κ1) is 17.1. The normalized spacial score (nSPS) is 24.6. The van der Waals surface area contributed by atoms with Crippen molar-refractivity contribution in [3.8, 4) is 0 Å². The number of aryl methyl sites for hydroxylation is 2. The molecule has 2 N–H and O–H groups in total. The fourth-order valence-corrected chi connectivity index (χ4v) is 3.79. The van der Waals surface area contributed by atoms with E-state index in [0.29, 0.717) is 6.54 Å². The molecular formula is C19H27N3O2. The number of imidazole rings is 1. The maximum Gasteiger partial charge on any atom is 0.122 e. The zero-order valence-electron chi connectivity index (χ0n) is 14.5. The summed E-state index contributed by atoms with van der Waals surface area (Å²) in [5.41, 5.74) is 2.36. The Hall–Kier alpha value is -1.69. The van der Waals surface area contributed by atoms with Gasteiger partial charge in [-0.15, -0.1) is 0 Å². The molecule has 24 heavy (non-hydrogen) atoms. The van der Waals surface area contributed by atoms with Crippen LogP contribution in [0.15, 0.2) is 36.7 Å². The molecule has 5 heteroatoms. The molecule has 3 atom stereocenters.